The molecule has 3 heteroatoms. The summed E-state index contributed by atoms with van der Waals surface area (Å²) in [4.78, 5) is 4.19. The van der Waals surface area contributed by atoms with Gasteiger partial charge in [-0.1, -0.05) is 11.6 Å². The maximum atomic E-state index is 6.27. The van der Waals surface area contributed by atoms with Crippen LogP contribution in [0.25, 0.3) is 11.1 Å². The maximum Gasteiger partial charge on any atom is 0.0487 e. The largest absolute Gasteiger partial charge is 0.326 e. The van der Waals surface area contributed by atoms with Crippen LogP contribution in [0.5, 0.6) is 0 Å². The predicted molar refractivity (Wildman–Crippen MR) is 72.0 cm³/mol. The molecule has 0 fully saturated rings. The highest BCUT2D eigenvalue weighted by atomic mass is 35.5. The molecule has 1 aromatic carbocycles. The summed E-state index contributed by atoms with van der Waals surface area (Å²) in [5, 5.41) is 0.754. The first-order valence-electron chi connectivity index (χ1n) is 5.53. The first kappa shape index (κ1) is 12.1. The Hall–Kier alpha value is -1.38. The van der Waals surface area contributed by atoms with Crippen molar-refractivity contribution in [2.45, 2.75) is 20.4 Å². The average molecular weight is 247 g/mol. The fourth-order valence-electron chi connectivity index (χ4n) is 1.75. The van der Waals surface area contributed by atoms with Crippen molar-refractivity contribution in [2.75, 3.05) is 0 Å². The van der Waals surface area contributed by atoms with Crippen molar-refractivity contribution in [3.63, 3.8) is 0 Å². The van der Waals surface area contributed by atoms with E-state index in [-0.39, 0.29) is 0 Å². The Labute approximate surface area is 106 Å². The van der Waals surface area contributed by atoms with Crippen LogP contribution in [0.15, 0.2) is 30.6 Å². The fourth-order valence-corrected chi connectivity index (χ4v) is 2.08. The van der Waals surface area contributed by atoms with E-state index in [1.54, 1.807) is 6.20 Å². The monoisotopic (exact) mass is 246 g/mol. The molecule has 0 radical (unpaired) electrons. The average Bonchev–Trinajstić information content (AvgIpc) is 2.34. The summed E-state index contributed by atoms with van der Waals surface area (Å²) in [7, 11) is 0. The van der Waals surface area contributed by atoms with Gasteiger partial charge in [-0.2, -0.15) is 0 Å². The lowest BCUT2D eigenvalue weighted by Gasteiger charge is -2.09. The minimum absolute atomic E-state index is 0.489. The summed E-state index contributed by atoms with van der Waals surface area (Å²) < 4.78 is 0. The van der Waals surface area contributed by atoms with Gasteiger partial charge >= 0.3 is 0 Å². The second-order valence-corrected chi connectivity index (χ2v) is 4.61. The lowest BCUT2D eigenvalue weighted by atomic mass is 10.0. The number of rotatable bonds is 2. The van der Waals surface area contributed by atoms with Gasteiger partial charge in [0.05, 0.1) is 0 Å². The third-order valence-corrected chi connectivity index (χ3v) is 3.24. The molecule has 1 heterocycles. The Morgan fingerprint density at radius 2 is 1.82 bits per heavy atom. The summed E-state index contributed by atoms with van der Waals surface area (Å²) in [5.74, 6) is 0. The first-order valence-corrected chi connectivity index (χ1v) is 5.90. The van der Waals surface area contributed by atoms with Crippen LogP contribution in [-0.4, -0.2) is 4.98 Å². The molecule has 1 aromatic heterocycles. The van der Waals surface area contributed by atoms with E-state index < -0.39 is 0 Å². The van der Waals surface area contributed by atoms with Crippen molar-refractivity contribution in [1.82, 2.24) is 4.98 Å². The van der Waals surface area contributed by atoms with Gasteiger partial charge in [0, 0.05) is 35.1 Å². The van der Waals surface area contributed by atoms with Crippen LogP contribution in [0.2, 0.25) is 5.02 Å². The Bertz CT molecular complexity index is 550. The molecule has 0 atom stereocenters. The lowest BCUT2D eigenvalue weighted by molar-refractivity contribution is 1.05. The molecule has 0 aliphatic carbocycles. The summed E-state index contributed by atoms with van der Waals surface area (Å²) >= 11 is 6.27. The van der Waals surface area contributed by atoms with E-state index in [0.717, 1.165) is 21.7 Å². The van der Waals surface area contributed by atoms with Crippen molar-refractivity contribution >= 4 is 11.6 Å². The standard InChI is InChI=1S/C14H15ClN2/c1-9-3-13(14(15)4-10(9)2)12-5-11(6-16)7-17-8-12/h3-5,7-8H,6,16H2,1-2H3. The number of nitrogens with two attached hydrogens (primary N) is 1. The molecule has 2 nitrogen and oxygen atoms in total. The SMILES string of the molecule is Cc1cc(Cl)c(-c2cncc(CN)c2)cc1C. The van der Waals surface area contributed by atoms with Gasteiger partial charge in [-0.05, 0) is 48.7 Å². The number of benzene rings is 1. The topological polar surface area (TPSA) is 38.9 Å². The number of aromatic nitrogens is 1. The van der Waals surface area contributed by atoms with Crippen molar-refractivity contribution in [2.24, 2.45) is 5.73 Å². The van der Waals surface area contributed by atoms with Gasteiger partial charge < -0.3 is 5.73 Å². The smallest absolute Gasteiger partial charge is 0.0487 e. The second kappa shape index (κ2) is 4.86. The van der Waals surface area contributed by atoms with Crippen molar-refractivity contribution in [1.29, 1.82) is 0 Å². The lowest BCUT2D eigenvalue weighted by Crippen LogP contribution is -1.97. The highest BCUT2D eigenvalue weighted by Crippen LogP contribution is 2.30. The summed E-state index contributed by atoms with van der Waals surface area (Å²) in [5.41, 5.74) is 11.1. The van der Waals surface area contributed by atoms with Gasteiger partial charge in [0.15, 0.2) is 0 Å². The third-order valence-electron chi connectivity index (χ3n) is 2.92. The van der Waals surface area contributed by atoms with E-state index in [2.05, 4.69) is 24.9 Å². The van der Waals surface area contributed by atoms with Crippen LogP contribution in [0.1, 0.15) is 16.7 Å². The molecule has 0 unspecified atom stereocenters. The number of nitrogens with zero attached hydrogens (tertiary/aromatic N) is 1. The zero-order valence-corrected chi connectivity index (χ0v) is 10.8. The molecule has 0 bridgehead atoms. The first-order chi connectivity index (χ1) is 8.11. The third kappa shape index (κ3) is 2.48. The number of halogens is 1. The van der Waals surface area contributed by atoms with Gasteiger partial charge in [0.25, 0.3) is 0 Å². The molecule has 0 saturated carbocycles. The number of hydrogen-bond acceptors (Lipinski definition) is 2. The Morgan fingerprint density at radius 3 is 2.53 bits per heavy atom. The molecule has 2 rings (SSSR count). The molecule has 0 aliphatic heterocycles. The van der Waals surface area contributed by atoms with E-state index in [1.165, 1.54) is 11.1 Å². The minimum Gasteiger partial charge on any atom is -0.326 e. The molecule has 88 valence electrons. The zero-order chi connectivity index (χ0) is 12.4. The van der Waals surface area contributed by atoms with E-state index in [0.29, 0.717) is 6.54 Å². The van der Waals surface area contributed by atoms with E-state index >= 15 is 0 Å². The molecular weight excluding hydrogens is 232 g/mol. The van der Waals surface area contributed by atoms with Gasteiger partial charge in [0.2, 0.25) is 0 Å². The predicted octanol–water partition coefficient (Wildman–Crippen LogP) is 3.48. The van der Waals surface area contributed by atoms with Crippen LogP contribution >= 0.6 is 11.6 Å². The molecule has 0 spiro atoms. The molecule has 2 N–H and O–H groups in total. The Morgan fingerprint density at radius 1 is 1.12 bits per heavy atom. The minimum atomic E-state index is 0.489. The highest BCUT2D eigenvalue weighted by Gasteiger charge is 2.07. The van der Waals surface area contributed by atoms with Crippen molar-refractivity contribution in [3.8, 4) is 11.1 Å². The Balaban J connectivity index is 2.56. The number of hydrogen-bond donors (Lipinski definition) is 1. The molecule has 0 amide bonds. The summed E-state index contributed by atoms with van der Waals surface area (Å²) in [6, 6.07) is 6.11. The van der Waals surface area contributed by atoms with Gasteiger partial charge in [-0.25, -0.2) is 0 Å². The van der Waals surface area contributed by atoms with Crippen LogP contribution < -0.4 is 5.73 Å². The van der Waals surface area contributed by atoms with E-state index in [9.17, 15) is 0 Å². The molecule has 17 heavy (non-hydrogen) atoms. The van der Waals surface area contributed by atoms with Crippen LogP contribution in [0.3, 0.4) is 0 Å². The van der Waals surface area contributed by atoms with E-state index in [1.807, 2.05) is 18.3 Å². The fraction of sp³-hybridized carbons (Fsp3) is 0.214. The van der Waals surface area contributed by atoms with Crippen LogP contribution in [-0.2, 0) is 6.54 Å². The second-order valence-electron chi connectivity index (χ2n) is 4.20. The van der Waals surface area contributed by atoms with Gasteiger partial charge in [-0.3, -0.25) is 4.98 Å². The summed E-state index contributed by atoms with van der Waals surface area (Å²) in [6.45, 7) is 4.62. The van der Waals surface area contributed by atoms with Crippen molar-refractivity contribution < 1.29 is 0 Å². The Kier molecular flexibility index (Phi) is 3.46. The normalized spacial score (nSPS) is 10.6. The molecule has 0 saturated heterocycles. The van der Waals surface area contributed by atoms with E-state index in [4.69, 9.17) is 17.3 Å². The number of pyridine rings is 1. The van der Waals surface area contributed by atoms with Crippen LogP contribution in [0, 0.1) is 13.8 Å². The van der Waals surface area contributed by atoms with Gasteiger partial charge in [0.1, 0.15) is 0 Å². The molecular formula is C14H15ClN2. The zero-order valence-electron chi connectivity index (χ0n) is 10.00. The maximum absolute atomic E-state index is 6.27. The molecule has 2 aromatic rings. The highest BCUT2D eigenvalue weighted by molar-refractivity contribution is 6.33. The van der Waals surface area contributed by atoms with Crippen molar-refractivity contribution in [3.05, 3.63) is 52.3 Å². The molecule has 0 aliphatic rings. The number of aryl methyl sites for hydroxylation is 2. The van der Waals surface area contributed by atoms with Crippen LogP contribution in [0.4, 0.5) is 0 Å². The summed E-state index contributed by atoms with van der Waals surface area (Å²) in [6.07, 6.45) is 3.59. The quantitative estimate of drug-likeness (QED) is 0.881. The van der Waals surface area contributed by atoms with Gasteiger partial charge in [-0.15, -0.1) is 0 Å².